The van der Waals surface area contributed by atoms with E-state index in [1.807, 2.05) is 0 Å². The van der Waals surface area contributed by atoms with Gasteiger partial charge in [0.05, 0.1) is 6.61 Å². The zero-order chi connectivity index (χ0) is 27.1. The molecule has 0 heterocycles. The average molecular weight is 548 g/mol. The van der Waals surface area contributed by atoms with Crippen LogP contribution in [-0.4, -0.2) is 34.8 Å². The first-order valence-corrected chi connectivity index (χ1v) is 11.3. The van der Waals surface area contributed by atoms with Crippen molar-refractivity contribution in [2.45, 2.75) is 66.8 Å². The standard InChI is InChI=1S/C12H17NO3.C12H15NO3.CH4.Mn.2O/c2*1-12(2,3)16-11(15)13-10-6-4-5-9(7-10)8-14;;;;/h4-7,14H,8H2,1-3H3,(H,13,15);4-8H,1-3H3,(H,13,15);1H4;;;. The molecule has 0 saturated heterocycles. The second-order valence-electron chi connectivity index (χ2n) is 8.92. The van der Waals surface area contributed by atoms with Crippen molar-refractivity contribution >= 4 is 29.8 Å². The first-order chi connectivity index (χ1) is 16.2. The second kappa shape index (κ2) is 17.2. The Labute approximate surface area is 218 Å². The van der Waals surface area contributed by atoms with E-state index in [1.165, 1.54) is 0 Å². The fraction of sp³-hybridized carbons (Fsp3) is 0.400. The van der Waals surface area contributed by atoms with Crippen LogP contribution in [-0.2, 0) is 38.6 Å². The third-order valence-electron chi connectivity index (χ3n) is 3.42. The number of aliphatic hydroxyl groups is 1. The molecule has 2 aromatic rings. The molecule has 0 aliphatic heterocycles. The van der Waals surface area contributed by atoms with Crippen molar-refractivity contribution in [1.29, 1.82) is 0 Å². The van der Waals surface area contributed by atoms with Crippen LogP contribution in [0.3, 0.4) is 0 Å². The van der Waals surface area contributed by atoms with Crippen LogP contribution in [0.2, 0.25) is 0 Å². The Kier molecular flexibility index (Phi) is 16.7. The second-order valence-corrected chi connectivity index (χ2v) is 9.12. The predicted octanol–water partition coefficient (Wildman–Crippen LogP) is 5.77. The number of nitrogens with one attached hydrogen (secondary N) is 2. The molecule has 0 unspecified atom stereocenters. The third-order valence-corrected chi connectivity index (χ3v) is 3.42. The third kappa shape index (κ3) is 18.1. The van der Waals surface area contributed by atoms with Crippen molar-refractivity contribution in [1.82, 2.24) is 0 Å². The number of ether oxygens (including phenoxy) is 2. The SMILES string of the molecule is C.CC(C)(C)OC(=O)Nc1cccc(C=O)c1.CC(C)(C)OC(=O)Nc1cccc(CO)c1.[O]=[Mn]=[O]. The van der Waals surface area contributed by atoms with E-state index < -0.39 is 38.2 Å². The number of carbonyl (C=O) groups is 3. The summed E-state index contributed by atoms with van der Waals surface area (Å²) in [6.07, 6.45) is -0.307. The Balaban J connectivity index is 0. The molecule has 11 heteroatoms. The van der Waals surface area contributed by atoms with Gasteiger partial charge in [0.25, 0.3) is 0 Å². The monoisotopic (exact) mass is 547 g/mol. The maximum atomic E-state index is 11.4. The van der Waals surface area contributed by atoms with E-state index >= 15 is 0 Å². The molecule has 3 N–H and O–H groups in total. The van der Waals surface area contributed by atoms with Crippen molar-refractivity contribution < 1.29 is 51.5 Å². The number of hydrogen-bond acceptors (Lipinski definition) is 8. The molecule has 0 aromatic heterocycles. The number of carbonyl (C=O) groups excluding carboxylic acids is 3. The molecule has 201 valence electrons. The Morgan fingerprint density at radius 3 is 1.67 bits per heavy atom. The Morgan fingerprint density at radius 1 is 0.861 bits per heavy atom. The number of benzene rings is 2. The molecule has 2 amide bonds. The molecule has 10 nitrogen and oxygen atoms in total. The minimum absolute atomic E-state index is 0. The Bertz CT molecular complexity index is 1010. The number of anilines is 2. The molecule has 0 bridgehead atoms. The Hall–Kier alpha value is -3.27. The van der Waals surface area contributed by atoms with E-state index in [0.29, 0.717) is 16.9 Å². The zero-order valence-electron chi connectivity index (χ0n) is 20.6. The zero-order valence-corrected chi connectivity index (χ0v) is 21.8. The van der Waals surface area contributed by atoms with Crippen LogP contribution in [0.4, 0.5) is 21.0 Å². The topological polar surface area (TPSA) is 148 Å². The van der Waals surface area contributed by atoms with Gasteiger partial charge in [0.2, 0.25) is 0 Å². The molecular formula is C25H36MnN2O8. The number of aldehydes is 1. The van der Waals surface area contributed by atoms with Gasteiger partial charge in [0.15, 0.2) is 0 Å². The van der Waals surface area contributed by atoms with Crippen LogP contribution < -0.4 is 10.6 Å². The molecular weight excluding hydrogens is 511 g/mol. The number of aliphatic hydroxyl groups excluding tert-OH is 1. The van der Waals surface area contributed by atoms with Crippen molar-refractivity contribution in [3.05, 3.63) is 59.7 Å². The summed E-state index contributed by atoms with van der Waals surface area (Å²) in [6.45, 7) is 10.7. The van der Waals surface area contributed by atoms with Crippen LogP contribution in [0.5, 0.6) is 0 Å². The summed E-state index contributed by atoms with van der Waals surface area (Å²) in [5.74, 6) is 0. The summed E-state index contributed by atoms with van der Waals surface area (Å²) in [7, 11) is 0. The molecule has 0 saturated carbocycles. The fourth-order valence-electron chi connectivity index (χ4n) is 2.28. The quantitative estimate of drug-likeness (QED) is 0.323. The minimum atomic E-state index is -1.44. The van der Waals surface area contributed by atoms with Gasteiger partial charge in [-0.1, -0.05) is 31.7 Å². The molecule has 0 fully saturated rings. The molecule has 0 spiro atoms. The summed E-state index contributed by atoms with van der Waals surface area (Å²) < 4.78 is 27.0. The number of amides is 2. The van der Waals surface area contributed by atoms with Crippen LogP contribution in [0.15, 0.2) is 48.5 Å². The summed E-state index contributed by atoms with van der Waals surface area (Å²) in [6, 6.07) is 13.6. The van der Waals surface area contributed by atoms with Gasteiger partial charge in [-0.2, -0.15) is 0 Å². The van der Waals surface area contributed by atoms with Crippen molar-refractivity contribution in [3.8, 4) is 0 Å². The van der Waals surface area contributed by atoms with Gasteiger partial charge in [-0.3, -0.25) is 15.4 Å². The van der Waals surface area contributed by atoms with Gasteiger partial charge in [-0.25, -0.2) is 9.59 Å². The van der Waals surface area contributed by atoms with Gasteiger partial charge in [-0.15, -0.1) is 0 Å². The van der Waals surface area contributed by atoms with Gasteiger partial charge >= 0.3 is 34.7 Å². The molecule has 0 aliphatic rings. The summed E-state index contributed by atoms with van der Waals surface area (Å²) in [5, 5.41) is 14.1. The fourth-order valence-corrected chi connectivity index (χ4v) is 2.28. The molecule has 0 radical (unpaired) electrons. The van der Waals surface area contributed by atoms with E-state index in [4.69, 9.17) is 22.2 Å². The van der Waals surface area contributed by atoms with Crippen molar-refractivity contribution in [2.75, 3.05) is 10.6 Å². The van der Waals surface area contributed by atoms with Crippen molar-refractivity contribution in [3.63, 3.8) is 0 Å². The normalized spacial score (nSPS) is 9.97. The van der Waals surface area contributed by atoms with E-state index in [-0.39, 0.29) is 14.0 Å². The summed E-state index contributed by atoms with van der Waals surface area (Å²) >= 11 is -1.44. The van der Waals surface area contributed by atoms with E-state index in [0.717, 1.165) is 11.8 Å². The van der Waals surface area contributed by atoms with E-state index in [1.54, 1.807) is 90.1 Å². The van der Waals surface area contributed by atoms with E-state index in [9.17, 15) is 14.4 Å². The van der Waals surface area contributed by atoms with E-state index in [2.05, 4.69) is 10.6 Å². The molecule has 0 aliphatic carbocycles. The summed E-state index contributed by atoms with van der Waals surface area (Å²) in [5.41, 5.74) is 1.35. The van der Waals surface area contributed by atoms with Crippen LogP contribution in [0, 0.1) is 0 Å². The first-order valence-electron chi connectivity index (χ1n) is 10.4. The van der Waals surface area contributed by atoms with Gasteiger partial charge in [0.1, 0.15) is 17.5 Å². The molecule has 2 aromatic carbocycles. The summed E-state index contributed by atoms with van der Waals surface area (Å²) in [4.78, 5) is 33.4. The van der Waals surface area contributed by atoms with Crippen LogP contribution >= 0.6 is 0 Å². The Morgan fingerprint density at radius 2 is 1.28 bits per heavy atom. The predicted molar refractivity (Wildman–Crippen MR) is 132 cm³/mol. The average Bonchev–Trinajstić information content (AvgIpc) is 2.72. The molecule has 2 rings (SSSR count). The number of rotatable bonds is 4. The molecule has 0 atom stereocenters. The maximum absolute atomic E-state index is 11.4. The van der Waals surface area contributed by atoms with Gasteiger partial charge < -0.3 is 14.6 Å². The van der Waals surface area contributed by atoms with Gasteiger partial charge in [0, 0.05) is 16.9 Å². The number of hydrogen-bond donors (Lipinski definition) is 3. The van der Waals surface area contributed by atoms with Crippen LogP contribution in [0.1, 0.15) is 64.9 Å². The van der Waals surface area contributed by atoms with Crippen LogP contribution in [0.25, 0.3) is 0 Å². The van der Waals surface area contributed by atoms with Gasteiger partial charge in [-0.05, 0) is 71.4 Å². The molecule has 36 heavy (non-hydrogen) atoms. The first kappa shape index (κ1) is 34.9. The van der Waals surface area contributed by atoms with Crippen molar-refractivity contribution in [2.24, 2.45) is 0 Å².